The molecule has 0 fully saturated rings. The fourth-order valence-corrected chi connectivity index (χ4v) is 4.18. The van der Waals surface area contributed by atoms with Gasteiger partial charge >= 0.3 is 0 Å². The summed E-state index contributed by atoms with van der Waals surface area (Å²) in [7, 11) is 1.85. The summed E-state index contributed by atoms with van der Waals surface area (Å²) in [6, 6.07) is 2.07. The van der Waals surface area contributed by atoms with E-state index in [4.69, 9.17) is 5.41 Å². The van der Waals surface area contributed by atoms with Crippen LogP contribution in [0, 0.1) is 17.3 Å². The summed E-state index contributed by atoms with van der Waals surface area (Å²) in [6.45, 7) is 0.722. The number of allylic oxidation sites excluding steroid dienone is 1. The van der Waals surface area contributed by atoms with Gasteiger partial charge in [0.15, 0.2) is 0 Å². The Morgan fingerprint density at radius 2 is 2.29 bits per heavy atom. The van der Waals surface area contributed by atoms with Crippen molar-refractivity contribution in [2.24, 2.45) is 0 Å². The van der Waals surface area contributed by atoms with Crippen LogP contribution >= 0.6 is 34.4 Å². The molecule has 0 unspecified atom stereocenters. The van der Waals surface area contributed by atoms with E-state index < -0.39 is 0 Å². The van der Waals surface area contributed by atoms with Gasteiger partial charge in [-0.2, -0.15) is 11.3 Å². The highest BCUT2D eigenvalue weighted by atomic mass is 32.2. The molecule has 7 heteroatoms. The van der Waals surface area contributed by atoms with Crippen molar-refractivity contribution >= 4 is 39.5 Å². The zero-order valence-corrected chi connectivity index (χ0v) is 15.5. The van der Waals surface area contributed by atoms with Gasteiger partial charge in [0.2, 0.25) is 0 Å². The van der Waals surface area contributed by atoms with Gasteiger partial charge in [0.25, 0.3) is 0 Å². The normalized spacial score (nSPS) is 15.1. The zero-order valence-electron chi connectivity index (χ0n) is 13.1. The largest absolute Gasteiger partial charge is 0.374 e. The molecule has 0 saturated carbocycles. The molecule has 0 radical (unpaired) electrons. The summed E-state index contributed by atoms with van der Waals surface area (Å²) in [5, 5.41) is 23.9. The van der Waals surface area contributed by atoms with Crippen molar-refractivity contribution in [2.75, 3.05) is 13.6 Å². The van der Waals surface area contributed by atoms with Gasteiger partial charge in [-0.3, -0.25) is 5.41 Å². The van der Waals surface area contributed by atoms with E-state index in [9.17, 15) is 0 Å². The Bertz CT molecular complexity index is 835. The van der Waals surface area contributed by atoms with Gasteiger partial charge in [-0.05, 0) is 28.9 Å². The standard InChI is InChI=1S/C17H16N4S3/c1-19-16(14-6-9-23-15(14)18)20-7-3-2-4-13-11-24-17(21-13)12-5-8-22-10-12/h5-6,8-11,18-20H,3,7H2,1H3/b16-14+,18-15?. The Balaban J connectivity index is 1.53. The molecule has 0 bridgehead atoms. The first kappa shape index (κ1) is 16.8. The molecule has 0 aromatic carbocycles. The van der Waals surface area contributed by atoms with Crippen molar-refractivity contribution in [1.29, 1.82) is 5.41 Å². The molecule has 1 aliphatic heterocycles. The van der Waals surface area contributed by atoms with E-state index in [1.54, 1.807) is 22.7 Å². The number of hydrogen-bond donors (Lipinski definition) is 3. The van der Waals surface area contributed by atoms with Crippen molar-refractivity contribution in [1.82, 2.24) is 15.6 Å². The Morgan fingerprint density at radius 3 is 3.00 bits per heavy atom. The number of rotatable bonds is 5. The lowest BCUT2D eigenvalue weighted by Crippen LogP contribution is -2.26. The van der Waals surface area contributed by atoms with Crippen LogP contribution in [0.5, 0.6) is 0 Å². The van der Waals surface area contributed by atoms with Crippen LogP contribution in [0.2, 0.25) is 0 Å². The fourth-order valence-electron chi connectivity index (χ4n) is 2.08. The molecule has 24 heavy (non-hydrogen) atoms. The SMILES string of the molecule is CN/C(NCCC#Cc1csc(-c2ccsc2)n1)=C1/C=CSC1=N. The van der Waals surface area contributed by atoms with Crippen LogP contribution in [-0.2, 0) is 0 Å². The van der Waals surface area contributed by atoms with E-state index in [0.29, 0.717) is 11.5 Å². The summed E-state index contributed by atoms with van der Waals surface area (Å²) in [6.07, 6.45) is 2.66. The Hall–Kier alpha value is -2.01. The van der Waals surface area contributed by atoms with E-state index in [0.717, 1.165) is 34.2 Å². The molecule has 122 valence electrons. The first-order valence-electron chi connectivity index (χ1n) is 7.33. The molecule has 3 heterocycles. The molecule has 1 aliphatic rings. The van der Waals surface area contributed by atoms with Crippen molar-refractivity contribution in [3.8, 4) is 22.4 Å². The number of thioether (sulfide) groups is 1. The first-order chi connectivity index (χ1) is 11.8. The molecule has 0 amide bonds. The second-order valence-corrected chi connectivity index (χ2v) is 7.37. The predicted octanol–water partition coefficient (Wildman–Crippen LogP) is 3.87. The van der Waals surface area contributed by atoms with Crippen LogP contribution in [0.1, 0.15) is 12.1 Å². The molecular weight excluding hydrogens is 356 g/mol. The quantitative estimate of drug-likeness (QED) is 0.551. The third kappa shape index (κ3) is 4.09. The number of thiazole rings is 1. The molecular formula is C17H16N4S3. The Morgan fingerprint density at radius 1 is 1.38 bits per heavy atom. The molecule has 2 aromatic heterocycles. The van der Waals surface area contributed by atoms with E-state index in [1.807, 2.05) is 23.9 Å². The van der Waals surface area contributed by atoms with Gasteiger partial charge in [-0.15, -0.1) is 11.3 Å². The maximum Gasteiger partial charge on any atom is 0.125 e. The summed E-state index contributed by atoms with van der Waals surface area (Å²) >= 11 is 4.72. The monoisotopic (exact) mass is 372 g/mol. The lowest BCUT2D eigenvalue weighted by molar-refractivity contribution is 0.738. The zero-order chi connectivity index (χ0) is 16.8. The third-order valence-electron chi connectivity index (χ3n) is 3.23. The van der Waals surface area contributed by atoms with Crippen LogP contribution in [-0.4, -0.2) is 23.6 Å². The van der Waals surface area contributed by atoms with Gasteiger partial charge < -0.3 is 10.6 Å². The number of hydrogen-bond acceptors (Lipinski definition) is 7. The number of aromatic nitrogens is 1. The average Bonchev–Trinajstić information content (AvgIpc) is 3.32. The topological polar surface area (TPSA) is 60.8 Å². The molecule has 4 nitrogen and oxygen atoms in total. The second kappa shape index (κ2) is 8.20. The first-order valence-corrected chi connectivity index (χ1v) is 10.0. The molecule has 0 aliphatic carbocycles. The summed E-state index contributed by atoms with van der Waals surface area (Å²) in [5.41, 5.74) is 2.88. The van der Waals surface area contributed by atoms with Gasteiger partial charge in [0.1, 0.15) is 21.6 Å². The predicted molar refractivity (Wildman–Crippen MR) is 105 cm³/mol. The third-order valence-corrected chi connectivity index (χ3v) is 5.53. The minimum atomic E-state index is 0.557. The molecule has 0 saturated heterocycles. The minimum Gasteiger partial charge on any atom is -0.374 e. The molecule has 3 rings (SSSR count). The van der Waals surface area contributed by atoms with Crippen LogP contribution in [0.4, 0.5) is 0 Å². The molecule has 3 N–H and O–H groups in total. The highest BCUT2D eigenvalue weighted by Crippen LogP contribution is 2.25. The lowest BCUT2D eigenvalue weighted by Gasteiger charge is -2.11. The number of thiophene rings is 1. The minimum absolute atomic E-state index is 0.557. The van der Waals surface area contributed by atoms with Crippen LogP contribution in [0.15, 0.2) is 45.1 Å². The Kier molecular flexibility index (Phi) is 5.75. The summed E-state index contributed by atoms with van der Waals surface area (Å²) < 4.78 is 0. The fraction of sp³-hybridized carbons (Fsp3) is 0.176. The van der Waals surface area contributed by atoms with Gasteiger partial charge in [-0.1, -0.05) is 17.7 Å². The molecule has 2 aromatic rings. The highest BCUT2D eigenvalue weighted by Gasteiger charge is 2.12. The second-order valence-electron chi connectivity index (χ2n) is 4.82. The maximum absolute atomic E-state index is 7.86. The van der Waals surface area contributed by atoms with Crippen LogP contribution in [0.3, 0.4) is 0 Å². The van der Waals surface area contributed by atoms with Crippen molar-refractivity contribution in [3.63, 3.8) is 0 Å². The van der Waals surface area contributed by atoms with Gasteiger partial charge in [-0.25, -0.2) is 4.98 Å². The highest BCUT2D eigenvalue weighted by molar-refractivity contribution is 8.17. The van der Waals surface area contributed by atoms with Gasteiger partial charge in [0, 0.05) is 41.9 Å². The number of nitrogens with zero attached hydrogens (tertiary/aromatic N) is 1. The van der Waals surface area contributed by atoms with Crippen LogP contribution < -0.4 is 10.6 Å². The summed E-state index contributed by atoms with van der Waals surface area (Å²) in [5.74, 6) is 7.13. The Labute approximate surface area is 153 Å². The lowest BCUT2D eigenvalue weighted by atomic mass is 10.2. The van der Waals surface area contributed by atoms with E-state index in [1.165, 1.54) is 11.8 Å². The van der Waals surface area contributed by atoms with E-state index in [2.05, 4.69) is 44.3 Å². The maximum atomic E-state index is 7.86. The van der Waals surface area contributed by atoms with Crippen molar-refractivity contribution < 1.29 is 0 Å². The molecule has 0 atom stereocenters. The average molecular weight is 373 g/mol. The van der Waals surface area contributed by atoms with E-state index >= 15 is 0 Å². The van der Waals surface area contributed by atoms with Crippen molar-refractivity contribution in [3.05, 3.63) is 50.8 Å². The smallest absolute Gasteiger partial charge is 0.125 e. The van der Waals surface area contributed by atoms with Crippen LogP contribution in [0.25, 0.3) is 10.6 Å². The molecule has 0 spiro atoms. The summed E-state index contributed by atoms with van der Waals surface area (Å²) in [4.78, 5) is 4.54. The van der Waals surface area contributed by atoms with E-state index in [-0.39, 0.29) is 0 Å². The van der Waals surface area contributed by atoms with Crippen molar-refractivity contribution in [2.45, 2.75) is 6.42 Å². The van der Waals surface area contributed by atoms with Gasteiger partial charge in [0.05, 0.1) is 0 Å². The number of nitrogens with one attached hydrogen (secondary N) is 3.